The number of amides is 1. The van der Waals surface area contributed by atoms with E-state index in [1.807, 2.05) is 60.7 Å². The zero-order valence-electron chi connectivity index (χ0n) is 13.3. The van der Waals surface area contributed by atoms with Crippen LogP contribution in [0.4, 0.5) is 4.79 Å². The third kappa shape index (κ3) is 4.00. The van der Waals surface area contributed by atoms with Crippen molar-refractivity contribution in [3.05, 3.63) is 71.8 Å². The van der Waals surface area contributed by atoms with Crippen molar-refractivity contribution in [1.29, 1.82) is 0 Å². The molecule has 0 bridgehead atoms. The maximum atomic E-state index is 12.3. The molecule has 1 aliphatic rings. The summed E-state index contributed by atoms with van der Waals surface area (Å²) in [5.74, 6) is -0.115. The molecule has 2 N–H and O–H groups in total. The molecule has 2 atom stereocenters. The number of ether oxygens (including phenoxy) is 1. The molecule has 1 saturated heterocycles. The summed E-state index contributed by atoms with van der Waals surface area (Å²) in [6.45, 7) is 0.585. The Balaban J connectivity index is 1.47. The Hall–Kier alpha value is -2.66. The van der Waals surface area contributed by atoms with Gasteiger partial charge < -0.3 is 10.5 Å². The normalized spacial score (nSPS) is 17.2. The van der Waals surface area contributed by atoms with Crippen molar-refractivity contribution in [2.75, 3.05) is 6.54 Å². The highest BCUT2D eigenvalue weighted by Gasteiger charge is 2.46. The fourth-order valence-electron chi connectivity index (χ4n) is 2.60. The molecule has 5 nitrogen and oxygen atoms in total. The second-order valence-corrected chi connectivity index (χ2v) is 5.91. The van der Waals surface area contributed by atoms with Gasteiger partial charge in [0, 0.05) is 0 Å². The average Bonchev–Trinajstić information content (AvgIpc) is 3.41. The Kier molecular flexibility index (Phi) is 4.91. The summed E-state index contributed by atoms with van der Waals surface area (Å²) in [4.78, 5) is 25.7. The number of nitrogens with two attached hydrogens (primary N) is 1. The summed E-state index contributed by atoms with van der Waals surface area (Å²) in [6, 6.07) is 18.0. The van der Waals surface area contributed by atoms with Gasteiger partial charge in [0.05, 0.1) is 12.6 Å². The van der Waals surface area contributed by atoms with Crippen LogP contribution in [0.2, 0.25) is 0 Å². The average molecular weight is 324 g/mol. The Labute approximate surface area is 141 Å². The van der Waals surface area contributed by atoms with Crippen LogP contribution in [0, 0.1) is 0 Å². The highest BCUT2D eigenvalue weighted by molar-refractivity contribution is 5.95. The number of benzene rings is 2. The molecule has 1 aliphatic heterocycles. The molecule has 1 heterocycles. The molecule has 124 valence electrons. The van der Waals surface area contributed by atoms with Gasteiger partial charge in [-0.1, -0.05) is 60.7 Å². The first-order valence-electron chi connectivity index (χ1n) is 7.95. The van der Waals surface area contributed by atoms with E-state index in [0.29, 0.717) is 13.0 Å². The highest BCUT2D eigenvalue weighted by atomic mass is 16.6. The number of rotatable bonds is 6. The Morgan fingerprint density at radius 1 is 1.04 bits per heavy atom. The zero-order chi connectivity index (χ0) is 16.9. The quantitative estimate of drug-likeness (QED) is 0.826. The van der Waals surface area contributed by atoms with Crippen molar-refractivity contribution in [2.45, 2.75) is 25.1 Å². The molecule has 0 aromatic heterocycles. The molecular formula is C19H20N2O3. The van der Waals surface area contributed by atoms with E-state index in [1.165, 1.54) is 4.90 Å². The predicted molar refractivity (Wildman–Crippen MR) is 90.2 cm³/mol. The SMILES string of the molecule is NC(Cc1ccccc1)C(=O)C1CN1C(=O)OCc1ccccc1. The van der Waals surface area contributed by atoms with Crippen LogP contribution in [0.1, 0.15) is 11.1 Å². The molecular weight excluding hydrogens is 304 g/mol. The molecule has 3 rings (SSSR count). The zero-order valence-corrected chi connectivity index (χ0v) is 13.3. The first-order valence-corrected chi connectivity index (χ1v) is 7.95. The molecule has 0 spiro atoms. The Bertz CT molecular complexity index is 703. The van der Waals surface area contributed by atoms with E-state index >= 15 is 0 Å². The molecule has 1 fully saturated rings. The minimum absolute atomic E-state index is 0.115. The molecule has 0 saturated carbocycles. The smallest absolute Gasteiger partial charge is 0.410 e. The number of nitrogens with zero attached hydrogens (tertiary/aromatic N) is 1. The van der Waals surface area contributed by atoms with Crippen LogP contribution in [0.5, 0.6) is 0 Å². The summed E-state index contributed by atoms with van der Waals surface area (Å²) < 4.78 is 5.22. The van der Waals surface area contributed by atoms with Crippen molar-refractivity contribution in [1.82, 2.24) is 4.90 Å². The molecule has 2 unspecified atom stereocenters. The third-order valence-corrected chi connectivity index (χ3v) is 4.04. The molecule has 24 heavy (non-hydrogen) atoms. The van der Waals surface area contributed by atoms with Gasteiger partial charge in [-0.25, -0.2) is 4.79 Å². The lowest BCUT2D eigenvalue weighted by Gasteiger charge is -2.11. The van der Waals surface area contributed by atoms with E-state index in [-0.39, 0.29) is 12.4 Å². The summed E-state index contributed by atoms with van der Waals surface area (Å²) in [5.41, 5.74) is 7.91. The second kappa shape index (κ2) is 7.27. The van der Waals surface area contributed by atoms with Gasteiger partial charge in [-0.2, -0.15) is 0 Å². The van der Waals surface area contributed by atoms with Crippen molar-refractivity contribution in [3.8, 4) is 0 Å². The van der Waals surface area contributed by atoms with Crippen LogP contribution in [-0.2, 0) is 22.6 Å². The topological polar surface area (TPSA) is 72.4 Å². The lowest BCUT2D eigenvalue weighted by atomic mass is 10.0. The molecule has 1 amide bonds. The highest BCUT2D eigenvalue weighted by Crippen LogP contribution is 2.22. The van der Waals surface area contributed by atoms with Crippen molar-refractivity contribution in [2.24, 2.45) is 5.73 Å². The van der Waals surface area contributed by atoms with Crippen LogP contribution in [0.15, 0.2) is 60.7 Å². The maximum Gasteiger partial charge on any atom is 0.410 e. The Morgan fingerprint density at radius 2 is 1.62 bits per heavy atom. The van der Waals surface area contributed by atoms with Crippen molar-refractivity contribution in [3.63, 3.8) is 0 Å². The van der Waals surface area contributed by atoms with Crippen molar-refractivity contribution >= 4 is 11.9 Å². The lowest BCUT2D eigenvalue weighted by molar-refractivity contribution is -0.120. The minimum Gasteiger partial charge on any atom is -0.445 e. The largest absolute Gasteiger partial charge is 0.445 e. The van der Waals surface area contributed by atoms with Crippen LogP contribution in [0.25, 0.3) is 0 Å². The van der Waals surface area contributed by atoms with Gasteiger partial charge in [0.2, 0.25) is 0 Å². The van der Waals surface area contributed by atoms with Gasteiger partial charge in [0.1, 0.15) is 12.6 Å². The van der Waals surface area contributed by atoms with Gasteiger partial charge in [0.15, 0.2) is 5.78 Å². The standard InChI is InChI=1S/C19H20N2O3/c20-16(11-14-7-3-1-4-8-14)18(22)17-12-21(17)19(23)24-13-15-9-5-2-6-10-15/h1-10,16-17H,11-13,20H2. The number of Topliss-reactive ketones (excluding diaryl/α,β-unsaturated/α-hetero) is 1. The fraction of sp³-hybridized carbons (Fsp3) is 0.263. The number of hydrogen-bond donors (Lipinski definition) is 1. The Morgan fingerprint density at radius 3 is 2.25 bits per heavy atom. The molecule has 2 aromatic rings. The summed E-state index contributed by atoms with van der Waals surface area (Å²) >= 11 is 0. The molecule has 2 aromatic carbocycles. The third-order valence-electron chi connectivity index (χ3n) is 4.04. The summed E-state index contributed by atoms with van der Waals surface area (Å²) in [5, 5.41) is 0. The van der Waals surface area contributed by atoms with E-state index in [2.05, 4.69) is 0 Å². The summed E-state index contributed by atoms with van der Waals surface area (Å²) in [7, 11) is 0. The van der Waals surface area contributed by atoms with Crippen LogP contribution < -0.4 is 5.73 Å². The number of carbonyl (C=O) groups is 2. The monoisotopic (exact) mass is 324 g/mol. The molecule has 0 radical (unpaired) electrons. The van der Waals surface area contributed by atoms with Gasteiger partial charge in [0.25, 0.3) is 0 Å². The molecule has 5 heteroatoms. The summed E-state index contributed by atoms with van der Waals surface area (Å²) in [6.07, 6.45) is 0.00686. The van der Waals surface area contributed by atoms with E-state index in [1.54, 1.807) is 0 Å². The fourth-order valence-corrected chi connectivity index (χ4v) is 2.60. The van der Waals surface area contributed by atoms with Gasteiger partial charge in [-0.3, -0.25) is 9.69 Å². The second-order valence-electron chi connectivity index (χ2n) is 5.91. The van der Waals surface area contributed by atoms with Crippen LogP contribution in [0.3, 0.4) is 0 Å². The van der Waals surface area contributed by atoms with Gasteiger partial charge >= 0.3 is 6.09 Å². The number of ketones is 1. The van der Waals surface area contributed by atoms with Crippen LogP contribution >= 0.6 is 0 Å². The number of carbonyl (C=O) groups excluding carboxylic acids is 2. The minimum atomic E-state index is -0.607. The first-order chi connectivity index (χ1) is 11.6. The van der Waals surface area contributed by atoms with E-state index in [4.69, 9.17) is 10.5 Å². The first kappa shape index (κ1) is 16.2. The predicted octanol–water partition coefficient (Wildman–Crippen LogP) is 2.15. The van der Waals surface area contributed by atoms with Gasteiger partial charge in [-0.15, -0.1) is 0 Å². The lowest BCUT2D eigenvalue weighted by Crippen LogP contribution is -2.37. The van der Waals surface area contributed by atoms with Gasteiger partial charge in [-0.05, 0) is 17.5 Å². The van der Waals surface area contributed by atoms with E-state index < -0.39 is 18.2 Å². The molecule has 0 aliphatic carbocycles. The van der Waals surface area contributed by atoms with E-state index in [9.17, 15) is 9.59 Å². The maximum absolute atomic E-state index is 12.3. The van der Waals surface area contributed by atoms with Crippen molar-refractivity contribution < 1.29 is 14.3 Å². The van der Waals surface area contributed by atoms with Crippen LogP contribution in [-0.4, -0.2) is 35.4 Å². The van der Waals surface area contributed by atoms with E-state index in [0.717, 1.165) is 11.1 Å². The number of hydrogen-bond acceptors (Lipinski definition) is 4.